The Bertz CT molecular complexity index is 444. The molecule has 2 rings (SSSR count). The topological polar surface area (TPSA) is 71.9 Å². The van der Waals surface area contributed by atoms with Gasteiger partial charge in [0.1, 0.15) is 0 Å². The van der Waals surface area contributed by atoms with E-state index in [1.165, 1.54) is 0 Å². The molecule has 20 heavy (non-hydrogen) atoms. The second-order valence-corrected chi connectivity index (χ2v) is 5.85. The summed E-state index contributed by atoms with van der Waals surface area (Å²) in [5.41, 5.74) is 0.695. The second kappa shape index (κ2) is 7.68. The van der Waals surface area contributed by atoms with Crippen LogP contribution in [0.5, 0.6) is 0 Å². The number of hydrogen-bond donors (Lipinski definition) is 1. The van der Waals surface area contributed by atoms with Gasteiger partial charge in [0, 0.05) is 38.0 Å². The van der Waals surface area contributed by atoms with Crippen LogP contribution in [0.1, 0.15) is 15.6 Å². The number of aromatic nitrogens is 1. The lowest BCUT2D eigenvalue weighted by atomic mass is 10.2. The molecule has 1 aromatic heterocycles. The minimum atomic E-state index is -0.836. The third-order valence-electron chi connectivity index (χ3n) is 3.13. The van der Waals surface area contributed by atoms with Gasteiger partial charge in [0.15, 0.2) is 0 Å². The van der Waals surface area contributed by atoms with Crippen molar-refractivity contribution in [1.82, 2.24) is 9.88 Å². The van der Waals surface area contributed by atoms with E-state index >= 15 is 0 Å². The van der Waals surface area contributed by atoms with Crippen molar-refractivity contribution >= 4 is 17.3 Å². The van der Waals surface area contributed by atoms with E-state index in [0.29, 0.717) is 12.3 Å². The molecule has 0 spiro atoms. The monoisotopic (exact) mass is 300 g/mol. The van der Waals surface area contributed by atoms with Crippen molar-refractivity contribution in [3.63, 3.8) is 0 Å². The van der Waals surface area contributed by atoms with Gasteiger partial charge in [0.05, 0.1) is 36.9 Å². The van der Waals surface area contributed by atoms with E-state index in [9.17, 15) is 4.79 Å². The number of hydrogen-bond acceptors (Lipinski definition) is 6. The van der Waals surface area contributed by atoms with Crippen molar-refractivity contribution in [1.29, 1.82) is 0 Å². The molecule has 1 fully saturated rings. The summed E-state index contributed by atoms with van der Waals surface area (Å²) in [6, 6.07) is 0. The highest BCUT2D eigenvalue weighted by molar-refractivity contribution is 7.11. The number of aliphatic carboxylic acids is 1. The minimum Gasteiger partial charge on any atom is -0.481 e. The molecule has 0 aromatic carbocycles. The maximum absolute atomic E-state index is 10.9. The first-order chi connectivity index (χ1) is 9.69. The predicted octanol–water partition coefficient (Wildman–Crippen LogP) is 0.791. The van der Waals surface area contributed by atoms with Crippen LogP contribution in [-0.4, -0.2) is 61.0 Å². The van der Waals surface area contributed by atoms with Gasteiger partial charge in [0.2, 0.25) is 0 Å². The molecule has 0 saturated carbocycles. The molecule has 1 saturated heterocycles. The first-order valence-corrected chi connectivity index (χ1v) is 7.49. The van der Waals surface area contributed by atoms with Gasteiger partial charge in [-0.2, -0.15) is 0 Å². The number of carboxylic acids is 1. The summed E-state index contributed by atoms with van der Waals surface area (Å²) in [7, 11) is 1.65. The van der Waals surface area contributed by atoms with E-state index in [1.54, 1.807) is 18.4 Å². The number of morpholine rings is 1. The third-order valence-corrected chi connectivity index (χ3v) is 4.27. The molecule has 0 atom stereocenters. The van der Waals surface area contributed by atoms with Crippen LogP contribution in [0.25, 0.3) is 0 Å². The summed E-state index contributed by atoms with van der Waals surface area (Å²) in [5.74, 6) is -0.836. The largest absolute Gasteiger partial charge is 0.481 e. The zero-order chi connectivity index (χ0) is 14.4. The quantitative estimate of drug-likeness (QED) is 0.803. The number of ether oxygens (including phenoxy) is 2. The smallest absolute Gasteiger partial charge is 0.309 e. The van der Waals surface area contributed by atoms with Crippen molar-refractivity contribution in [3.8, 4) is 0 Å². The summed E-state index contributed by atoms with van der Waals surface area (Å²) in [4.78, 5) is 18.7. The molecule has 1 aliphatic heterocycles. The highest BCUT2D eigenvalue weighted by atomic mass is 32.1. The molecular formula is C13H20N2O4S. The minimum absolute atomic E-state index is 0.0108. The van der Waals surface area contributed by atoms with E-state index in [0.717, 1.165) is 49.2 Å². The van der Waals surface area contributed by atoms with Crippen molar-refractivity contribution in [2.24, 2.45) is 0 Å². The van der Waals surface area contributed by atoms with Gasteiger partial charge in [-0.15, -0.1) is 11.3 Å². The van der Waals surface area contributed by atoms with Crippen LogP contribution in [0, 0.1) is 0 Å². The van der Waals surface area contributed by atoms with E-state index in [4.69, 9.17) is 14.6 Å². The predicted molar refractivity (Wildman–Crippen MR) is 75.1 cm³/mol. The summed E-state index contributed by atoms with van der Waals surface area (Å²) in [6.45, 7) is 4.62. The maximum Gasteiger partial charge on any atom is 0.309 e. The van der Waals surface area contributed by atoms with Gasteiger partial charge < -0.3 is 14.6 Å². The Morgan fingerprint density at radius 2 is 2.25 bits per heavy atom. The molecular weight excluding hydrogens is 280 g/mol. The number of thiazole rings is 1. The molecule has 0 unspecified atom stereocenters. The molecule has 0 amide bonds. The maximum atomic E-state index is 10.9. The molecule has 0 radical (unpaired) electrons. The first-order valence-electron chi connectivity index (χ1n) is 6.67. The molecule has 1 N–H and O–H groups in total. The number of rotatable bonds is 7. The van der Waals surface area contributed by atoms with E-state index in [2.05, 4.69) is 9.88 Å². The zero-order valence-electron chi connectivity index (χ0n) is 11.6. The molecule has 0 aliphatic carbocycles. The summed E-state index contributed by atoms with van der Waals surface area (Å²) in [5, 5.41) is 9.94. The molecule has 112 valence electrons. The van der Waals surface area contributed by atoms with Crippen molar-refractivity contribution in [3.05, 3.63) is 15.6 Å². The van der Waals surface area contributed by atoms with Gasteiger partial charge >= 0.3 is 5.97 Å². The molecule has 7 heteroatoms. The van der Waals surface area contributed by atoms with Crippen LogP contribution >= 0.6 is 11.3 Å². The summed E-state index contributed by atoms with van der Waals surface area (Å²) < 4.78 is 10.4. The normalized spacial score (nSPS) is 16.4. The van der Waals surface area contributed by atoms with Crippen molar-refractivity contribution in [2.45, 2.75) is 19.4 Å². The Balaban J connectivity index is 2.06. The third kappa shape index (κ3) is 4.52. The number of carboxylic acid groups (broad SMARTS) is 1. The lowest BCUT2D eigenvalue weighted by molar-refractivity contribution is -0.136. The number of nitrogens with zero attached hydrogens (tertiary/aromatic N) is 2. The highest BCUT2D eigenvalue weighted by Gasteiger charge is 2.18. The average molecular weight is 300 g/mol. The van der Waals surface area contributed by atoms with Crippen LogP contribution in [0.15, 0.2) is 0 Å². The van der Waals surface area contributed by atoms with Crippen LogP contribution in [0.2, 0.25) is 0 Å². The van der Waals surface area contributed by atoms with Crippen molar-refractivity contribution in [2.75, 3.05) is 40.0 Å². The number of carbonyl (C=O) groups is 1. The molecule has 2 heterocycles. The Labute approximate surface area is 122 Å². The van der Waals surface area contributed by atoms with Crippen LogP contribution in [0.4, 0.5) is 0 Å². The fraction of sp³-hybridized carbons (Fsp3) is 0.692. The van der Waals surface area contributed by atoms with Crippen LogP contribution in [0.3, 0.4) is 0 Å². The van der Waals surface area contributed by atoms with Crippen molar-refractivity contribution < 1.29 is 19.4 Å². The van der Waals surface area contributed by atoms with E-state index in [1.807, 2.05) is 0 Å². The van der Waals surface area contributed by atoms with Gasteiger partial charge in [-0.1, -0.05) is 0 Å². The van der Waals surface area contributed by atoms with E-state index in [-0.39, 0.29) is 6.42 Å². The van der Waals surface area contributed by atoms with Gasteiger partial charge in [-0.05, 0) is 0 Å². The Morgan fingerprint density at radius 1 is 1.50 bits per heavy atom. The number of methoxy groups -OCH3 is 1. The Morgan fingerprint density at radius 3 is 2.90 bits per heavy atom. The van der Waals surface area contributed by atoms with Gasteiger partial charge in [-0.3, -0.25) is 9.69 Å². The van der Waals surface area contributed by atoms with Gasteiger partial charge in [0.25, 0.3) is 0 Å². The zero-order valence-corrected chi connectivity index (χ0v) is 12.4. The lowest BCUT2D eigenvalue weighted by Gasteiger charge is -2.26. The summed E-state index contributed by atoms with van der Waals surface area (Å²) >= 11 is 1.60. The fourth-order valence-corrected chi connectivity index (χ4v) is 3.21. The van der Waals surface area contributed by atoms with Crippen LogP contribution < -0.4 is 0 Å². The fourth-order valence-electron chi connectivity index (χ4n) is 2.10. The van der Waals surface area contributed by atoms with Gasteiger partial charge in [-0.25, -0.2) is 4.98 Å². The average Bonchev–Trinajstić information content (AvgIpc) is 2.79. The Kier molecular flexibility index (Phi) is 5.90. The molecule has 6 nitrogen and oxygen atoms in total. The second-order valence-electron chi connectivity index (χ2n) is 4.68. The SMILES string of the molecule is COCCc1nc(CC(=O)O)c(CN2CCOCC2)s1. The lowest BCUT2D eigenvalue weighted by Crippen LogP contribution is -2.35. The Hall–Kier alpha value is -1.02. The first kappa shape index (κ1) is 15.4. The van der Waals surface area contributed by atoms with E-state index < -0.39 is 5.97 Å². The molecule has 0 bridgehead atoms. The molecule has 1 aromatic rings. The summed E-state index contributed by atoms with van der Waals surface area (Å²) in [6.07, 6.45) is 0.722. The van der Waals surface area contributed by atoms with Crippen LogP contribution in [-0.2, 0) is 33.7 Å². The molecule has 1 aliphatic rings. The highest BCUT2D eigenvalue weighted by Crippen LogP contribution is 2.22. The standard InChI is InChI=1S/C13H20N2O4S/c1-18-5-2-12-14-10(8-13(16)17)11(20-12)9-15-3-6-19-7-4-15/h2-9H2,1H3,(H,16,17).